The molecule has 2 amide bonds. The smallest absolute Gasteiger partial charge is 0.263 e. The zero-order valence-corrected chi connectivity index (χ0v) is 18.9. The zero-order valence-electron chi connectivity index (χ0n) is 18.1. The fourth-order valence-corrected chi connectivity index (χ4v) is 6.01. The van der Waals surface area contributed by atoms with Gasteiger partial charge in [0, 0.05) is 64.0 Å². The van der Waals surface area contributed by atoms with Gasteiger partial charge in [0.25, 0.3) is 5.91 Å². The summed E-state index contributed by atoms with van der Waals surface area (Å²) in [7, 11) is 1.93. The maximum atomic E-state index is 13.5. The molecule has 1 N–H and O–H groups in total. The van der Waals surface area contributed by atoms with Crippen molar-refractivity contribution in [3.8, 4) is 0 Å². The average Bonchev–Trinajstić information content (AvgIpc) is 3.13. The molecule has 7 nitrogen and oxygen atoms in total. The fraction of sp³-hybridized carbons (Fsp3) is 0.609. The van der Waals surface area contributed by atoms with E-state index in [9.17, 15) is 9.59 Å². The molecule has 1 aliphatic carbocycles. The Balaban J connectivity index is 1.36. The second-order valence-electron chi connectivity index (χ2n) is 9.53. The van der Waals surface area contributed by atoms with E-state index < -0.39 is 5.41 Å². The SMILES string of the molecule is Cn1cc(CN2C[C@H]3CN(C(=O)c4cccs4)CCC[C@@]3(C(=O)NCC3CC3)C2)cn1. The molecule has 1 saturated carbocycles. The number of hydrogen-bond acceptors (Lipinski definition) is 5. The first-order chi connectivity index (χ1) is 15.0. The molecule has 0 radical (unpaired) electrons. The van der Waals surface area contributed by atoms with Crippen LogP contribution < -0.4 is 5.32 Å². The standard InChI is InChI=1S/C23H31N5O2S/c1-26-12-18(11-25-26)13-27-14-19-15-28(21(29)20-4-2-9-31-20)8-3-7-23(19,16-27)22(30)24-10-17-5-6-17/h2,4,9,11-12,17,19H,3,5-8,10,13-16H2,1H3,(H,24,30)/t19-,23+/m0/s1. The van der Waals surface area contributed by atoms with Crippen molar-refractivity contribution in [2.45, 2.75) is 32.2 Å². The monoisotopic (exact) mass is 441 g/mol. The Morgan fingerprint density at radius 2 is 2.19 bits per heavy atom. The van der Waals surface area contributed by atoms with Crippen molar-refractivity contribution in [3.63, 3.8) is 0 Å². The molecule has 2 aromatic heterocycles. The summed E-state index contributed by atoms with van der Waals surface area (Å²) in [4.78, 5) is 31.8. The number of nitrogens with one attached hydrogen (secondary N) is 1. The van der Waals surface area contributed by atoms with Gasteiger partial charge < -0.3 is 10.2 Å². The molecule has 2 atom stereocenters. The molecule has 3 fully saturated rings. The summed E-state index contributed by atoms with van der Waals surface area (Å²) in [6, 6.07) is 3.83. The third-order valence-electron chi connectivity index (χ3n) is 7.14. The van der Waals surface area contributed by atoms with Crippen LogP contribution in [-0.4, -0.2) is 64.1 Å². The van der Waals surface area contributed by atoms with Gasteiger partial charge in [0.05, 0.1) is 16.5 Å². The van der Waals surface area contributed by atoms with E-state index >= 15 is 0 Å². The van der Waals surface area contributed by atoms with Crippen LogP contribution in [0.2, 0.25) is 0 Å². The molecule has 31 heavy (non-hydrogen) atoms. The number of hydrogen-bond donors (Lipinski definition) is 1. The molecule has 0 spiro atoms. The van der Waals surface area contributed by atoms with Crippen LogP contribution in [0, 0.1) is 17.3 Å². The minimum atomic E-state index is -0.415. The average molecular weight is 442 g/mol. The highest BCUT2D eigenvalue weighted by Gasteiger charge is 2.53. The largest absolute Gasteiger partial charge is 0.355 e. The van der Waals surface area contributed by atoms with E-state index in [4.69, 9.17) is 0 Å². The third-order valence-corrected chi connectivity index (χ3v) is 8.00. The predicted octanol–water partition coefficient (Wildman–Crippen LogP) is 2.36. The highest BCUT2D eigenvalue weighted by Crippen LogP contribution is 2.44. The maximum absolute atomic E-state index is 13.5. The number of aromatic nitrogens is 2. The Bertz CT molecular complexity index is 938. The predicted molar refractivity (Wildman–Crippen MR) is 120 cm³/mol. The van der Waals surface area contributed by atoms with Crippen LogP contribution in [0.25, 0.3) is 0 Å². The van der Waals surface area contributed by atoms with Crippen molar-refractivity contribution in [1.82, 2.24) is 24.9 Å². The Morgan fingerprint density at radius 1 is 1.32 bits per heavy atom. The van der Waals surface area contributed by atoms with E-state index in [1.807, 2.05) is 46.5 Å². The topological polar surface area (TPSA) is 70.5 Å². The van der Waals surface area contributed by atoms with Gasteiger partial charge in [-0.1, -0.05) is 6.07 Å². The number of amides is 2. The number of nitrogens with zero attached hydrogens (tertiary/aromatic N) is 4. The first kappa shape index (κ1) is 20.7. The van der Waals surface area contributed by atoms with Crippen LogP contribution in [0.4, 0.5) is 0 Å². The molecule has 0 unspecified atom stereocenters. The van der Waals surface area contributed by atoms with Gasteiger partial charge in [-0.3, -0.25) is 19.2 Å². The number of carbonyl (C=O) groups is 2. The third kappa shape index (κ3) is 4.28. The fourth-order valence-electron chi connectivity index (χ4n) is 5.32. The molecule has 2 saturated heterocycles. The molecule has 5 rings (SSSR count). The van der Waals surface area contributed by atoms with E-state index in [1.54, 1.807) is 0 Å². The minimum Gasteiger partial charge on any atom is -0.355 e. The van der Waals surface area contributed by atoms with Gasteiger partial charge in [-0.05, 0) is 43.0 Å². The summed E-state index contributed by atoms with van der Waals surface area (Å²) in [5.74, 6) is 1.11. The van der Waals surface area contributed by atoms with Crippen LogP contribution >= 0.6 is 11.3 Å². The Kier molecular flexibility index (Phi) is 5.60. The van der Waals surface area contributed by atoms with Crippen LogP contribution in [-0.2, 0) is 18.4 Å². The zero-order chi connectivity index (χ0) is 21.4. The lowest BCUT2D eigenvalue weighted by Gasteiger charge is -2.32. The highest BCUT2D eigenvalue weighted by atomic mass is 32.1. The quantitative estimate of drug-likeness (QED) is 0.747. The molecule has 3 aliphatic rings. The maximum Gasteiger partial charge on any atom is 0.263 e. The number of aryl methyl sites for hydroxylation is 1. The number of thiophene rings is 1. The normalized spacial score (nSPS) is 26.5. The second kappa shape index (κ2) is 8.39. The Labute approximate surface area is 187 Å². The van der Waals surface area contributed by atoms with Crippen LogP contribution in [0.3, 0.4) is 0 Å². The molecule has 4 heterocycles. The van der Waals surface area contributed by atoms with E-state index in [-0.39, 0.29) is 17.7 Å². The lowest BCUT2D eigenvalue weighted by molar-refractivity contribution is -0.133. The summed E-state index contributed by atoms with van der Waals surface area (Å²) in [5, 5.41) is 9.53. The molecule has 166 valence electrons. The number of carbonyl (C=O) groups excluding carboxylic acids is 2. The number of fused-ring (bicyclic) bond motifs is 1. The van der Waals surface area contributed by atoms with E-state index in [0.717, 1.165) is 50.4 Å². The van der Waals surface area contributed by atoms with Crippen molar-refractivity contribution in [2.24, 2.45) is 24.3 Å². The summed E-state index contributed by atoms with van der Waals surface area (Å²) in [6.45, 7) is 4.56. The number of likely N-dealkylation sites (tertiary alicyclic amines) is 2. The van der Waals surface area contributed by atoms with Gasteiger partial charge in [-0.2, -0.15) is 5.10 Å². The molecule has 0 bridgehead atoms. The van der Waals surface area contributed by atoms with E-state index in [1.165, 1.54) is 29.7 Å². The Hall–Kier alpha value is -2.19. The molecular formula is C23H31N5O2S. The van der Waals surface area contributed by atoms with E-state index in [0.29, 0.717) is 12.5 Å². The molecular weight excluding hydrogens is 410 g/mol. The Morgan fingerprint density at radius 3 is 2.90 bits per heavy atom. The minimum absolute atomic E-state index is 0.106. The molecule has 0 aromatic carbocycles. The lowest BCUT2D eigenvalue weighted by Crippen LogP contribution is -2.48. The van der Waals surface area contributed by atoms with Crippen molar-refractivity contribution in [1.29, 1.82) is 0 Å². The first-order valence-electron chi connectivity index (χ1n) is 11.3. The van der Waals surface area contributed by atoms with Crippen LogP contribution in [0.5, 0.6) is 0 Å². The van der Waals surface area contributed by atoms with Gasteiger partial charge in [-0.15, -0.1) is 11.3 Å². The molecule has 2 aromatic rings. The van der Waals surface area contributed by atoms with Gasteiger partial charge in [0.1, 0.15) is 0 Å². The summed E-state index contributed by atoms with van der Waals surface area (Å²) in [5.41, 5.74) is 0.751. The van der Waals surface area contributed by atoms with Crippen molar-refractivity contribution in [3.05, 3.63) is 40.3 Å². The van der Waals surface area contributed by atoms with Crippen molar-refractivity contribution in [2.75, 3.05) is 32.7 Å². The van der Waals surface area contributed by atoms with Crippen molar-refractivity contribution < 1.29 is 9.59 Å². The molecule has 8 heteroatoms. The van der Waals surface area contributed by atoms with Gasteiger partial charge in [0.2, 0.25) is 5.91 Å². The second-order valence-corrected chi connectivity index (χ2v) is 10.5. The summed E-state index contributed by atoms with van der Waals surface area (Å²) >= 11 is 1.49. The van der Waals surface area contributed by atoms with Gasteiger partial charge >= 0.3 is 0 Å². The summed E-state index contributed by atoms with van der Waals surface area (Å²) < 4.78 is 1.82. The van der Waals surface area contributed by atoms with E-state index in [2.05, 4.69) is 15.3 Å². The molecule has 2 aliphatic heterocycles. The van der Waals surface area contributed by atoms with Crippen LogP contribution in [0.15, 0.2) is 29.9 Å². The number of rotatable bonds is 6. The van der Waals surface area contributed by atoms with Crippen molar-refractivity contribution >= 4 is 23.2 Å². The first-order valence-corrected chi connectivity index (χ1v) is 12.2. The van der Waals surface area contributed by atoms with Gasteiger partial charge in [-0.25, -0.2) is 0 Å². The van der Waals surface area contributed by atoms with Crippen LogP contribution in [0.1, 0.15) is 40.9 Å². The lowest BCUT2D eigenvalue weighted by atomic mass is 9.74. The highest BCUT2D eigenvalue weighted by molar-refractivity contribution is 7.12. The van der Waals surface area contributed by atoms with Gasteiger partial charge in [0.15, 0.2) is 0 Å². The summed E-state index contributed by atoms with van der Waals surface area (Å²) in [6.07, 6.45) is 8.11.